The average Bonchev–Trinajstić information content (AvgIpc) is 2.33. The average molecular weight is 339 g/mol. The Kier molecular flexibility index (Phi) is 4.59. The molecule has 1 aliphatic heterocycles. The van der Waals surface area contributed by atoms with Crippen molar-refractivity contribution >= 4 is 39.1 Å². The summed E-state index contributed by atoms with van der Waals surface area (Å²) in [4.78, 5) is 0. The number of fused-ring (bicyclic) bond motifs is 1. The highest BCUT2D eigenvalue weighted by Gasteiger charge is 2.27. The molecule has 0 spiro atoms. The van der Waals surface area contributed by atoms with Crippen LogP contribution < -0.4 is 10.1 Å². The molecule has 0 fully saturated rings. The molecule has 1 N–H and O–H groups in total. The van der Waals surface area contributed by atoms with Gasteiger partial charge in [0.25, 0.3) is 0 Å². The van der Waals surface area contributed by atoms with Crippen molar-refractivity contribution in [2.24, 2.45) is 0 Å². The van der Waals surface area contributed by atoms with Crippen LogP contribution in [0.15, 0.2) is 10.5 Å². The SMILES string of the molecule is CCCNC1CCOc2c(Cl)cc(Br)c(Cl)c21. The minimum atomic E-state index is 0.223. The zero-order valence-corrected chi connectivity index (χ0v) is 12.6. The summed E-state index contributed by atoms with van der Waals surface area (Å²) in [5.74, 6) is 0.722. The zero-order chi connectivity index (χ0) is 12.4. The highest BCUT2D eigenvalue weighted by Crippen LogP contribution is 2.45. The van der Waals surface area contributed by atoms with Gasteiger partial charge < -0.3 is 10.1 Å². The van der Waals surface area contributed by atoms with E-state index in [4.69, 9.17) is 27.9 Å². The molecule has 2 nitrogen and oxygen atoms in total. The normalized spacial score (nSPS) is 18.7. The van der Waals surface area contributed by atoms with Gasteiger partial charge in [-0.15, -0.1) is 0 Å². The molecular weight excluding hydrogens is 325 g/mol. The maximum atomic E-state index is 6.33. The Balaban J connectivity index is 2.41. The number of benzene rings is 1. The summed E-state index contributed by atoms with van der Waals surface area (Å²) in [6.45, 7) is 3.78. The van der Waals surface area contributed by atoms with Crippen molar-refractivity contribution in [2.75, 3.05) is 13.2 Å². The fourth-order valence-corrected chi connectivity index (χ4v) is 3.11. The molecule has 1 aromatic rings. The van der Waals surface area contributed by atoms with E-state index in [9.17, 15) is 0 Å². The van der Waals surface area contributed by atoms with Crippen molar-refractivity contribution < 1.29 is 4.74 Å². The Bertz CT molecular complexity index is 425. The van der Waals surface area contributed by atoms with Crippen molar-refractivity contribution in [1.82, 2.24) is 5.32 Å². The van der Waals surface area contributed by atoms with Crippen molar-refractivity contribution in [1.29, 1.82) is 0 Å². The van der Waals surface area contributed by atoms with E-state index in [1.165, 1.54) is 0 Å². The molecule has 1 aliphatic rings. The molecule has 0 bridgehead atoms. The number of ether oxygens (including phenoxy) is 1. The Labute approximate surface area is 120 Å². The monoisotopic (exact) mass is 337 g/mol. The van der Waals surface area contributed by atoms with Gasteiger partial charge in [-0.2, -0.15) is 0 Å². The second-order valence-electron chi connectivity index (χ2n) is 4.04. The van der Waals surface area contributed by atoms with Gasteiger partial charge in [-0.25, -0.2) is 0 Å². The summed E-state index contributed by atoms with van der Waals surface area (Å²) in [6.07, 6.45) is 2.01. The van der Waals surface area contributed by atoms with Crippen LogP contribution in [0.3, 0.4) is 0 Å². The Hall–Kier alpha value is 0.0400. The van der Waals surface area contributed by atoms with Crippen LogP contribution in [-0.4, -0.2) is 13.2 Å². The molecule has 0 saturated heterocycles. The van der Waals surface area contributed by atoms with Crippen molar-refractivity contribution in [3.05, 3.63) is 26.1 Å². The molecule has 5 heteroatoms. The number of rotatable bonds is 3. The maximum Gasteiger partial charge on any atom is 0.144 e. The number of hydrogen-bond donors (Lipinski definition) is 1. The van der Waals surface area contributed by atoms with E-state index >= 15 is 0 Å². The van der Waals surface area contributed by atoms with Gasteiger partial charge in [-0.3, -0.25) is 0 Å². The third kappa shape index (κ3) is 2.73. The second kappa shape index (κ2) is 5.79. The fraction of sp³-hybridized carbons (Fsp3) is 0.500. The lowest BCUT2D eigenvalue weighted by atomic mass is 10.0. The zero-order valence-electron chi connectivity index (χ0n) is 9.53. The summed E-state index contributed by atoms with van der Waals surface area (Å²) >= 11 is 15.9. The number of halogens is 3. The van der Waals surface area contributed by atoms with E-state index in [0.29, 0.717) is 16.7 Å². The Morgan fingerprint density at radius 2 is 2.29 bits per heavy atom. The third-order valence-corrected chi connectivity index (χ3v) is 4.34. The van der Waals surface area contributed by atoms with Gasteiger partial charge in [0.05, 0.1) is 16.7 Å². The van der Waals surface area contributed by atoms with Gasteiger partial charge in [0.2, 0.25) is 0 Å². The molecule has 0 saturated carbocycles. The number of hydrogen-bond acceptors (Lipinski definition) is 2. The molecule has 2 rings (SSSR count). The first-order chi connectivity index (χ1) is 8.15. The molecular formula is C12H14BrCl2NO. The quantitative estimate of drug-likeness (QED) is 0.814. The van der Waals surface area contributed by atoms with Crippen LogP contribution in [0.5, 0.6) is 5.75 Å². The minimum Gasteiger partial charge on any atom is -0.492 e. The molecule has 1 atom stereocenters. The van der Waals surface area contributed by atoms with Gasteiger partial charge in [-0.1, -0.05) is 30.1 Å². The Morgan fingerprint density at radius 1 is 1.53 bits per heavy atom. The largest absolute Gasteiger partial charge is 0.492 e. The molecule has 0 aromatic heterocycles. The lowest BCUT2D eigenvalue weighted by molar-refractivity contribution is 0.253. The molecule has 0 amide bonds. The number of nitrogens with one attached hydrogen (secondary N) is 1. The molecule has 1 unspecified atom stereocenters. The van der Waals surface area contributed by atoms with Gasteiger partial charge in [0.15, 0.2) is 0 Å². The van der Waals surface area contributed by atoms with Crippen LogP contribution in [0, 0.1) is 0 Å². The van der Waals surface area contributed by atoms with Crippen LogP contribution >= 0.6 is 39.1 Å². The van der Waals surface area contributed by atoms with Crippen LogP contribution in [0.25, 0.3) is 0 Å². The second-order valence-corrected chi connectivity index (χ2v) is 5.68. The van der Waals surface area contributed by atoms with Crippen molar-refractivity contribution in [3.8, 4) is 5.75 Å². The Morgan fingerprint density at radius 3 is 3.00 bits per heavy atom. The maximum absolute atomic E-state index is 6.33. The predicted octanol–water partition coefficient (Wildman–Crippen LogP) is 4.58. The van der Waals surface area contributed by atoms with Gasteiger partial charge in [0.1, 0.15) is 5.75 Å². The lowest BCUT2D eigenvalue weighted by Crippen LogP contribution is -2.28. The van der Waals surface area contributed by atoms with E-state index in [1.807, 2.05) is 0 Å². The summed E-state index contributed by atoms with van der Waals surface area (Å²) in [7, 11) is 0. The van der Waals surface area contributed by atoms with E-state index in [-0.39, 0.29) is 6.04 Å². The summed E-state index contributed by atoms with van der Waals surface area (Å²) in [5, 5.41) is 4.78. The van der Waals surface area contributed by atoms with Crippen molar-refractivity contribution in [2.45, 2.75) is 25.8 Å². The van der Waals surface area contributed by atoms with Crippen LogP contribution in [0.2, 0.25) is 10.0 Å². The van der Waals surface area contributed by atoms with Gasteiger partial charge >= 0.3 is 0 Å². The van der Waals surface area contributed by atoms with Crippen LogP contribution in [0.4, 0.5) is 0 Å². The van der Waals surface area contributed by atoms with E-state index in [2.05, 4.69) is 28.2 Å². The highest BCUT2D eigenvalue weighted by molar-refractivity contribution is 9.10. The van der Waals surface area contributed by atoms with Crippen LogP contribution in [-0.2, 0) is 0 Å². The van der Waals surface area contributed by atoms with E-state index in [1.54, 1.807) is 6.07 Å². The fourth-order valence-electron chi connectivity index (χ4n) is 2.00. The van der Waals surface area contributed by atoms with Gasteiger partial charge in [0, 0.05) is 22.5 Å². The lowest BCUT2D eigenvalue weighted by Gasteiger charge is -2.28. The first-order valence-electron chi connectivity index (χ1n) is 5.68. The predicted molar refractivity (Wildman–Crippen MR) is 75.3 cm³/mol. The summed E-state index contributed by atoms with van der Waals surface area (Å²) < 4.78 is 6.44. The first-order valence-corrected chi connectivity index (χ1v) is 7.23. The third-order valence-electron chi connectivity index (χ3n) is 2.80. The summed E-state index contributed by atoms with van der Waals surface area (Å²) in [5.41, 5.74) is 0.978. The highest BCUT2D eigenvalue weighted by atomic mass is 79.9. The summed E-state index contributed by atoms with van der Waals surface area (Å²) in [6, 6.07) is 2.01. The van der Waals surface area contributed by atoms with Gasteiger partial charge in [-0.05, 0) is 35.0 Å². The van der Waals surface area contributed by atoms with E-state index in [0.717, 1.165) is 35.2 Å². The topological polar surface area (TPSA) is 21.3 Å². The molecule has 1 aromatic carbocycles. The molecule has 1 heterocycles. The molecule has 0 radical (unpaired) electrons. The molecule has 94 valence electrons. The minimum absolute atomic E-state index is 0.223. The standard InChI is InChI=1S/C12H14BrCl2NO/c1-2-4-16-9-3-5-17-12-8(14)6-7(13)11(15)10(9)12/h6,9,16H,2-5H2,1H3. The molecule has 17 heavy (non-hydrogen) atoms. The molecule has 0 aliphatic carbocycles. The van der Waals surface area contributed by atoms with Crippen LogP contribution in [0.1, 0.15) is 31.4 Å². The van der Waals surface area contributed by atoms with E-state index < -0.39 is 0 Å². The van der Waals surface area contributed by atoms with Crippen molar-refractivity contribution in [3.63, 3.8) is 0 Å². The first kappa shape index (κ1) is 13.5. The smallest absolute Gasteiger partial charge is 0.144 e.